The summed E-state index contributed by atoms with van der Waals surface area (Å²) in [6, 6.07) is 11.7. The number of anilines is 1. The molecular formula is C16H13ClFNO. The summed E-state index contributed by atoms with van der Waals surface area (Å²) < 4.78 is 13.1. The van der Waals surface area contributed by atoms with E-state index in [1.165, 1.54) is 18.2 Å². The number of hydrogen-bond donors (Lipinski definition) is 0. The van der Waals surface area contributed by atoms with E-state index >= 15 is 0 Å². The van der Waals surface area contributed by atoms with Gasteiger partial charge in [0.05, 0.1) is 10.6 Å². The van der Waals surface area contributed by atoms with Crippen molar-refractivity contribution in [2.24, 2.45) is 0 Å². The zero-order chi connectivity index (χ0) is 14.3. The second-order valence-electron chi connectivity index (χ2n) is 4.98. The van der Waals surface area contributed by atoms with Crippen molar-refractivity contribution >= 4 is 23.2 Å². The van der Waals surface area contributed by atoms with Gasteiger partial charge in [-0.05, 0) is 43.2 Å². The number of rotatable bonds is 1. The summed E-state index contributed by atoms with van der Waals surface area (Å²) in [5.41, 5.74) is 2.38. The highest BCUT2D eigenvalue weighted by molar-refractivity contribution is 6.34. The highest BCUT2D eigenvalue weighted by Gasteiger charge is 2.32. The molecule has 4 heteroatoms. The standard InChI is InChI=1S/C16H13ClFNO/c1-10-8-11-4-2-3-5-15(11)19(10)16(20)13-7-6-12(18)9-14(13)17/h2-7,9-10H,8H2,1H3/t10-/m0/s1. The molecule has 0 saturated carbocycles. The van der Waals surface area contributed by atoms with Gasteiger partial charge in [-0.2, -0.15) is 0 Å². The minimum atomic E-state index is -0.443. The van der Waals surface area contributed by atoms with Crippen LogP contribution in [0.3, 0.4) is 0 Å². The zero-order valence-electron chi connectivity index (χ0n) is 10.9. The molecule has 20 heavy (non-hydrogen) atoms. The third-order valence-electron chi connectivity index (χ3n) is 3.59. The zero-order valence-corrected chi connectivity index (χ0v) is 11.7. The normalized spacial score (nSPS) is 17.1. The van der Waals surface area contributed by atoms with Crippen LogP contribution >= 0.6 is 11.6 Å². The predicted octanol–water partition coefficient (Wildman–Crippen LogP) is 4.07. The van der Waals surface area contributed by atoms with Crippen LogP contribution in [0.5, 0.6) is 0 Å². The van der Waals surface area contributed by atoms with Crippen LogP contribution in [-0.4, -0.2) is 11.9 Å². The summed E-state index contributed by atoms with van der Waals surface area (Å²) in [4.78, 5) is 14.4. The fraction of sp³-hybridized carbons (Fsp3) is 0.188. The molecule has 0 unspecified atom stereocenters. The smallest absolute Gasteiger partial charge is 0.260 e. The van der Waals surface area contributed by atoms with E-state index < -0.39 is 5.82 Å². The van der Waals surface area contributed by atoms with Crippen LogP contribution in [0, 0.1) is 5.82 Å². The van der Waals surface area contributed by atoms with Gasteiger partial charge in [0.2, 0.25) is 0 Å². The number of amides is 1. The van der Waals surface area contributed by atoms with Gasteiger partial charge in [0.1, 0.15) is 5.82 Å². The largest absolute Gasteiger partial charge is 0.305 e. The number of para-hydroxylation sites is 1. The molecule has 0 fully saturated rings. The van der Waals surface area contributed by atoms with Gasteiger partial charge in [-0.25, -0.2) is 4.39 Å². The molecular weight excluding hydrogens is 277 g/mol. The lowest BCUT2D eigenvalue weighted by molar-refractivity contribution is 0.0981. The Bertz CT molecular complexity index is 686. The highest BCUT2D eigenvalue weighted by Crippen LogP contribution is 2.34. The monoisotopic (exact) mass is 289 g/mol. The summed E-state index contributed by atoms with van der Waals surface area (Å²) in [6.45, 7) is 2.00. The second-order valence-corrected chi connectivity index (χ2v) is 5.39. The van der Waals surface area contributed by atoms with Crippen molar-refractivity contribution < 1.29 is 9.18 Å². The fourth-order valence-electron chi connectivity index (χ4n) is 2.67. The molecule has 0 bridgehead atoms. The molecule has 1 heterocycles. The topological polar surface area (TPSA) is 20.3 Å². The molecule has 1 atom stereocenters. The Morgan fingerprint density at radius 2 is 2.05 bits per heavy atom. The molecule has 0 saturated heterocycles. The molecule has 102 valence electrons. The molecule has 1 amide bonds. The number of carbonyl (C=O) groups is 1. The van der Waals surface area contributed by atoms with E-state index in [1.54, 1.807) is 4.90 Å². The van der Waals surface area contributed by atoms with Crippen molar-refractivity contribution in [3.8, 4) is 0 Å². The molecule has 0 radical (unpaired) electrons. The number of carbonyl (C=O) groups excluding carboxylic acids is 1. The molecule has 0 aromatic heterocycles. The average molecular weight is 290 g/mol. The number of hydrogen-bond acceptors (Lipinski definition) is 1. The second kappa shape index (κ2) is 4.91. The van der Waals surface area contributed by atoms with E-state index in [9.17, 15) is 9.18 Å². The SMILES string of the molecule is C[C@H]1Cc2ccccc2N1C(=O)c1ccc(F)cc1Cl. The van der Waals surface area contributed by atoms with Gasteiger partial charge >= 0.3 is 0 Å². The van der Waals surface area contributed by atoms with E-state index in [0.717, 1.165) is 17.7 Å². The van der Waals surface area contributed by atoms with Crippen LogP contribution in [0.2, 0.25) is 5.02 Å². The quantitative estimate of drug-likeness (QED) is 0.775. The van der Waals surface area contributed by atoms with Crippen LogP contribution in [-0.2, 0) is 6.42 Å². The number of fused-ring (bicyclic) bond motifs is 1. The Labute approximate surface area is 121 Å². The van der Waals surface area contributed by atoms with Gasteiger partial charge in [0, 0.05) is 11.7 Å². The van der Waals surface area contributed by atoms with E-state index in [-0.39, 0.29) is 17.0 Å². The molecule has 2 aromatic rings. The molecule has 1 aliphatic rings. The van der Waals surface area contributed by atoms with Crippen LogP contribution in [0.15, 0.2) is 42.5 Å². The summed E-state index contributed by atoms with van der Waals surface area (Å²) in [6.07, 6.45) is 0.820. The molecule has 0 aliphatic carbocycles. The highest BCUT2D eigenvalue weighted by atomic mass is 35.5. The molecule has 2 nitrogen and oxygen atoms in total. The van der Waals surface area contributed by atoms with Crippen molar-refractivity contribution in [1.82, 2.24) is 0 Å². The van der Waals surface area contributed by atoms with Crippen molar-refractivity contribution in [1.29, 1.82) is 0 Å². The summed E-state index contributed by atoms with van der Waals surface area (Å²) >= 11 is 5.99. The lowest BCUT2D eigenvalue weighted by Gasteiger charge is -2.23. The minimum absolute atomic E-state index is 0.0704. The Kier molecular flexibility index (Phi) is 3.22. The maximum absolute atomic E-state index is 13.1. The first-order valence-electron chi connectivity index (χ1n) is 6.44. The first-order chi connectivity index (χ1) is 9.58. The summed E-state index contributed by atoms with van der Waals surface area (Å²) in [7, 11) is 0. The predicted molar refractivity (Wildman–Crippen MR) is 77.8 cm³/mol. The molecule has 1 aliphatic heterocycles. The molecule has 0 spiro atoms. The first kappa shape index (κ1) is 13.1. The van der Waals surface area contributed by atoms with Gasteiger partial charge in [0.15, 0.2) is 0 Å². The van der Waals surface area contributed by atoms with Crippen molar-refractivity contribution in [2.45, 2.75) is 19.4 Å². The van der Waals surface area contributed by atoms with Gasteiger partial charge in [0.25, 0.3) is 5.91 Å². The Hall–Kier alpha value is -1.87. The summed E-state index contributed by atoms with van der Waals surface area (Å²) in [5.74, 6) is -0.631. The average Bonchev–Trinajstić information content (AvgIpc) is 2.73. The third kappa shape index (κ3) is 2.08. The molecule has 3 rings (SSSR count). The van der Waals surface area contributed by atoms with Gasteiger partial charge in [-0.3, -0.25) is 4.79 Å². The van der Waals surface area contributed by atoms with Gasteiger partial charge in [-0.15, -0.1) is 0 Å². The number of nitrogens with zero attached hydrogens (tertiary/aromatic N) is 1. The Morgan fingerprint density at radius 3 is 2.80 bits per heavy atom. The van der Waals surface area contributed by atoms with Crippen molar-refractivity contribution in [2.75, 3.05) is 4.90 Å². The molecule has 2 aromatic carbocycles. The van der Waals surface area contributed by atoms with E-state index in [1.807, 2.05) is 31.2 Å². The van der Waals surface area contributed by atoms with E-state index in [2.05, 4.69) is 0 Å². The van der Waals surface area contributed by atoms with E-state index in [0.29, 0.717) is 5.56 Å². The Morgan fingerprint density at radius 1 is 1.30 bits per heavy atom. The van der Waals surface area contributed by atoms with Crippen LogP contribution in [0.1, 0.15) is 22.8 Å². The molecule has 0 N–H and O–H groups in total. The fourth-order valence-corrected chi connectivity index (χ4v) is 2.92. The van der Waals surface area contributed by atoms with Crippen LogP contribution in [0.4, 0.5) is 10.1 Å². The lowest BCUT2D eigenvalue weighted by Crippen LogP contribution is -2.35. The number of halogens is 2. The van der Waals surface area contributed by atoms with Crippen LogP contribution < -0.4 is 4.90 Å². The van der Waals surface area contributed by atoms with Crippen molar-refractivity contribution in [3.05, 3.63) is 64.4 Å². The lowest BCUT2D eigenvalue weighted by atomic mass is 10.1. The van der Waals surface area contributed by atoms with Crippen molar-refractivity contribution in [3.63, 3.8) is 0 Å². The maximum Gasteiger partial charge on any atom is 0.260 e. The third-order valence-corrected chi connectivity index (χ3v) is 3.90. The maximum atomic E-state index is 13.1. The minimum Gasteiger partial charge on any atom is -0.305 e. The summed E-state index contributed by atoms with van der Waals surface area (Å²) in [5, 5.41) is 0.145. The van der Waals surface area contributed by atoms with Gasteiger partial charge < -0.3 is 4.90 Å². The number of benzene rings is 2. The Balaban J connectivity index is 2.03. The van der Waals surface area contributed by atoms with Crippen LogP contribution in [0.25, 0.3) is 0 Å². The van der Waals surface area contributed by atoms with Gasteiger partial charge in [-0.1, -0.05) is 29.8 Å². The first-order valence-corrected chi connectivity index (χ1v) is 6.82. The van der Waals surface area contributed by atoms with E-state index in [4.69, 9.17) is 11.6 Å².